The molecule has 1 fully saturated rings. The van der Waals surface area contributed by atoms with Gasteiger partial charge in [0.05, 0.1) is 18.7 Å². The smallest absolute Gasteiger partial charge is 0.265 e. The van der Waals surface area contributed by atoms with Crippen molar-refractivity contribution in [3.8, 4) is 11.8 Å². The Morgan fingerprint density at radius 3 is 2.40 bits per heavy atom. The van der Waals surface area contributed by atoms with Crippen molar-refractivity contribution >= 4 is 21.6 Å². The Balaban J connectivity index is 1.48. The zero-order chi connectivity index (χ0) is 25.0. The molecule has 0 aliphatic carbocycles. The molecule has 8 heteroatoms. The van der Waals surface area contributed by atoms with Crippen LogP contribution in [0.3, 0.4) is 0 Å². The van der Waals surface area contributed by atoms with Gasteiger partial charge in [0.25, 0.3) is 15.9 Å². The van der Waals surface area contributed by atoms with Crippen molar-refractivity contribution in [1.29, 1.82) is 5.26 Å². The predicted octanol–water partition coefficient (Wildman–Crippen LogP) is 4.70. The van der Waals surface area contributed by atoms with Crippen LogP contribution in [0, 0.1) is 18.3 Å². The van der Waals surface area contributed by atoms with Crippen LogP contribution in [0.1, 0.15) is 45.8 Å². The molecule has 0 aromatic heterocycles. The molecule has 0 radical (unpaired) electrons. The molecule has 4 rings (SSSR count). The molecule has 1 heterocycles. The number of nitriles is 1. The van der Waals surface area contributed by atoms with E-state index < -0.39 is 10.0 Å². The number of nitrogens with one attached hydrogen (secondary N) is 1. The summed E-state index contributed by atoms with van der Waals surface area (Å²) in [5.74, 6) is 0.472. The number of aryl methyl sites for hydroxylation is 1. The molecule has 7 nitrogen and oxygen atoms in total. The van der Waals surface area contributed by atoms with Gasteiger partial charge < -0.3 is 9.64 Å². The molecule has 1 aliphatic heterocycles. The van der Waals surface area contributed by atoms with Crippen LogP contribution in [0.4, 0.5) is 5.69 Å². The number of nitrogens with zero attached hydrogens (tertiary/aromatic N) is 2. The summed E-state index contributed by atoms with van der Waals surface area (Å²) in [5.41, 5.74) is 3.39. The molecule has 0 unspecified atom stereocenters. The van der Waals surface area contributed by atoms with E-state index in [-0.39, 0.29) is 16.6 Å². The molecular formula is C27H27N3O4S. The second-order valence-electron chi connectivity index (χ2n) is 8.59. The van der Waals surface area contributed by atoms with Crippen LogP contribution in [0.2, 0.25) is 0 Å². The molecule has 3 aromatic carbocycles. The predicted molar refractivity (Wildman–Crippen MR) is 134 cm³/mol. The third-order valence-electron chi connectivity index (χ3n) is 6.37. The van der Waals surface area contributed by atoms with E-state index in [1.165, 1.54) is 18.7 Å². The standard InChI is InChI=1S/C27H27N3O4S/c1-19-7-12-23(29-35(32,33)26-6-4-3-5-25(26)34-2)17-24(19)27(31)30-15-13-22(14-16-30)21-10-8-20(18-28)9-11-21/h3-12,17,22,29H,13-16H2,1-2H3. The molecule has 1 N–H and O–H groups in total. The SMILES string of the molecule is COc1ccccc1S(=O)(=O)Nc1ccc(C)c(C(=O)N2CCC(c3ccc(C#N)cc3)CC2)c1. The molecule has 180 valence electrons. The minimum absolute atomic E-state index is 0.0285. The molecule has 0 atom stereocenters. The minimum Gasteiger partial charge on any atom is -0.495 e. The van der Waals surface area contributed by atoms with Gasteiger partial charge in [0.15, 0.2) is 0 Å². The van der Waals surface area contributed by atoms with Crippen LogP contribution < -0.4 is 9.46 Å². The van der Waals surface area contributed by atoms with E-state index >= 15 is 0 Å². The molecule has 3 aromatic rings. The number of benzene rings is 3. The fourth-order valence-electron chi connectivity index (χ4n) is 4.38. The summed E-state index contributed by atoms with van der Waals surface area (Å²) in [4.78, 5) is 15.2. The zero-order valence-electron chi connectivity index (χ0n) is 19.7. The lowest BCUT2D eigenvalue weighted by Crippen LogP contribution is -2.38. The largest absolute Gasteiger partial charge is 0.495 e. The highest BCUT2D eigenvalue weighted by Crippen LogP contribution is 2.30. The third kappa shape index (κ3) is 5.31. The number of amides is 1. The molecule has 1 saturated heterocycles. The lowest BCUT2D eigenvalue weighted by molar-refractivity contribution is 0.0712. The van der Waals surface area contributed by atoms with Gasteiger partial charge in [0.1, 0.15) is 10.6 Å². The van der Waals surface area contributed by atoms with Crippen LogP contribution in [0.25, 0.3) is 0 Å². The molecular weight excluding hydrogens is 462 g/mol. The number of para-hydroxylation sites is 1. The van der Waals surface area contributed by atoms with Crippen molar-refractivity contribution < 1.29 is 17.9 Å². The Bertz CT molecular complexity index is 1370. The summed E-state index contributed by atoms with van der Waals surface area (Å²) in [5, 5.41) is 8.99. The first-order valence-corrected chi connectivity index (χ1v) is 12.9. The van der Waals surface area contributed by atoms with E-state index in [0.717, 1.165) is 18.4 Å². The number of likely N-dealkylation sites (tertiary alicyclic amines) is 1. The van der Waals surface area contributed by atoms with Gasteiger partial charge in [-0.3, -0.25) is 9.52 Å². The lowest BCUT2D eigenvalue weighted by Gasteiger charge is -2.32. The number of piperidine rings is 1. The van der Waals surface area contributed by atoms with E-state index in [0.29, 0.717) is 35.8 Å². The number of carbonyl (C=O) groups excluding carboxylic acids is 1. The summed E-state index contributed by atoms with van der Waals surface area (Å²) < 4.78 is 33.7. The summed E-state index contributed by atoms with van der Waals surface area (Å²) >= 11 is 0. The number of methoxy groups -OCH3 is 1. The highest BCUT2D eigenvalue weighted by atomic mass is 32.2. The number of hydrogen-bond donors (Lipinski definition) is 1. The fourth-order valence-corrected chi connectivity index (χ4v) is 5.60. The number of carbonyl (C=O) groups is 1. The number of anilines is 1. The van der Waals surface area contributed by atoms with Gasteiger partial charge in [-0.25, -0.2) is 8.42 Å². The summed E-state index contributed by atoms with van der Waals surface area (Å²) in [6.07, 6.45) is 1.66. The maximum atomic E-state index is 13.3. The number of ether oxygens (including phenoxy) is 1. The van der Waals surface area contributed by atoms with E-state index in [1.807, 2.05) is 36.1 Å². The van der Waals surface area contributed by atoms with Crippen molar-refractivity contribution in [2.75, 3.05) is 24.9 Å². The topological polar surface area (TPSA) is 99.5 Å². The van der Waals surface area contributed by atoms with Gasteiger partial charge in [-0.15, -0.1) is 0 Å². The second kappa shape index (κ2) is 10.2. The zero-order valence-corrected chi connectivity index (χ0v) is 20.5. The van der Waals surface area contributed by atoms with E-state index in [4.69, 9.17) is 10.00 Å². The minimum atomic E-state index is -3.90. The monoisotopic (exact) mass is 489 g/mol. The van der Waals surface area contributed by atoms with Crippen molar-refractivity contribution in [3.05, 3.63) is 89.0 Å². The number of rotatable bonds is 6. The quantitative estimate of drug-likeness (QED) is 0.541. The summed E-state index contributed by atoms with van der Waals surface area (Å²) in [7, 11) is -2.48. The van der Waals surface area contributed by atoms with Gasteiger partial charge in [-0.05, 0) is 73.2 Å². The van der Waals surface area contributed by atoms with E-state index in [2.05, 4.69) is 10.8 Å². The van der Waals surface area contributed by atoms with E-state index in [1.54, 1.807) is 36.4 Å². The third-order valence-corrected chi connectivity index (χ3v) is 7.79. The molecule has 1 amide bonds. The van der Waals surface area contributed by atoms with Crippen molar-refractivity contribution in [1.82, 2.24) is 4.90 Å². The Labute approximate surface area is 206 Å². The number of hydrogen-bond acceptors (Lipinski definition) is 5. The number of sulfonamides is 1. The van der Waals surface area contributed by atoms with Gasteiger partial charge in [0, 0.05) is 24.3 Å². The van der Waals surface area contributed by atoms with Gasteiger partial charge in [-0.1, -0.05) is 30.3 Å². The molecule has 1 aliphatic rings. The molecule has 0 spiro atoms. The van der Waals surface area contributed by atoms with Crippen LogP contribution in [0.5, 0.6) is 5.75 Å². The molecule has 35 heavy (non-hydrogen) atoms. The lowest BCUT2D eigenvalue weighted by atomic mass is 9.88. The second-order valence-corrected chi connectivity index (χ2v) is 10.2. The maximum Gasteiger partial charge on any atom is 0.265 e. The van der Waals surface area contributed by atoms with Crippen molar-refractivity contribution in [2.45, 2.75) is 30.6 Å². The van der Waals surface area contributed by atoms with Gasteiger partial charge in [-0.2, -0.15) is 5.26 Å². The fraction of sp³-hybridized carbons (Fsp3) is 0.259. The highest BCUT2D eigenvalue weighted by molar-refractivity contribution is 7.92. The Hall–Kier alpha value is -3.83. The Morgan fingerprint density at radius 2 is 1.74 bits per heavy atom. The Morgan fingerprint density at radius 1 is 1.06 bits per heavy atom. The van der Waals surface area contributed by atoms with Crippen LogP contribution in [0.15, 0.2) is 71.6 Å². The highest BCUT2D eigenvalue weighted by Gasteiger charge is 2.26. The average Bonchev–Trinajstić information content (AvgIpc) is 2.89. The first-order chi connectivity index (χ1) is 16.8. The average molecular weight is 490 g/mol. The van der Waals surface area contributed by atoms with Crippen molar-refractivity contribution in [2.24, 2.45) is 0 Å². The molecule has 0 saturated carbocycles. The summed E-state index contributed by atoms with van der Waals surface area (Å²) in [6.45, 7) is 3.06. The van der Waals surface area contributed by atoms with Crippen LogP contribution >= 0.6 is 0 Å². The van der Waals surface area contributed by atoms with Gasteiger partial charge >= 0.3 is 0 Å². The van der Waals surface area contributed by atoms with Crippen LogP contribution in [-0.2, 0) is 10.0 Å². The normalized spacial score (nSPS) is 14.3. The van der Waals surface area contributed by atoms with Crippen molar-refractivity contribution in [3.63, 3.8) is 0 Å². The van der Waals surface area contributed by atoms with Gasteiger partial charge in [0.2, 0.25) is 0 Å². The molecule has 0 bridgehead atoms. The maximum absolute atomic E-state index is 13.3. The van der Waals surface area contributed by atoms with E-state index in [9.17, 15) is 13.2 Å². The first kappa shape index (κ1) is 24.3. The first-order valence-electron chi connectivity index (χ1n) is 11.4. The Kier molecular flexibility index (Phi) is 7.08. The summed E-state index contributed by atoms with van der Waals surface area (Å²) in [6, 6.07) is 21.1. The van der Waals surface area contributed by atoms with Crippen LogP contribution in [-0.4, -0.2) is 39.4 Å².